The minimum atomic E-state index is -0.287. The molecule has 1 saturated heterocycles. The first-order valence-corrected chi connectivity index (χ1v) is 7.60. The third kappa shape index (κ3) is 4.06. The van der Waals surface area contributed by atoms with Crippen LogP contribution in [-0.2, 0) is 16.0 Å². The van der Waals surface area contributed by atoms with E-state index in [9.17, 15) is 14.0 Å². The Kier molecular flexibility index (Phi) is 4.84. The molecule has 1 aromatic carbocycles. The molecule has 1 N–H and O–H groups in total. The smallest absolute Gasteiger partial charge is 0.225 e. The molecule has 1 fully saturated rings. The highest BCUT2D eigenvalue weighted by atomic mass is 19.1. The van der Waals surface area contributed by atoms with Crippen LogP contribution in [0.2, 0.25) is 0 Å². The maximum atomic E-state index is 13.5. The Morgan fingerprint density at radius 2 is 2.05 bits per heavy atom. The fraction of sp³-hybridized carbons (Fsp3) is 0.529. The molecule has 0 radical (unpaired) electrons. The monoisotopic (exact) mass is 306 g/mol. The fourth-order valence-corrected chi connectivity index (χ4v) is 2.70. The van der Waals surface area contributed by atoms with Crippen LogP contribution in [0.5, 0.6) is 0 Å². The highest BCUT2D eigenvalue weighted by Gasteiger charge is 2.36. The number of carbonyl (C=O) groups excluding carboxylic acids is 2. The van der Waals surface area contributed by atoms with Crippen molar-refractivity contribution in [1.29, 1.82) is 0 Å². The number of benzene rings is 1. The summed E-state index contributed by atoms with van der Waals surface area (Å²) in [4.78, 5) is 25.7. The van der Waals surface area contributed by atoms with E-state index in [1.54, 1.807) is 23.1 Å². The summed E-state index contributed by atoms with van der Waals surface area (Å²) in [5.74, 6) is -0.367. The average Bonchev–Trinajstić information content (AvgIpc) is 2.78. The third-order valence-electron chi connectivity index (χ3n) is 3.88. The summed E-state index contributed by atoms with van der Waals surface area (Å²) in [6.45, 7) is 6.47. The largest absolute Gasteiger partial charge is 0.351 e. The van der Waals surface area contributed by atoms with E-state index in [4.69, 9.17) is 0 Å². The molecule has 5 heteroatoms. The van der Waals surface area contributed by atoms with Gasteiger partial charge in [0.1, 0.15) is 5.82 Å². The molecule has 1 heterocycles. The molecule has 0 bridgehead atoms. The van der Waals surface area contributed by atoms with E-state index in [-0.39, 0.29) is 35.6 Å². The second-order valence-electron chi connectivity index (χ2n) is 6.74. The van der Waals surface area contributed by atoms with Crippen molar-refractivity contribution < 1.29 is 14.0 Å². The Morgan fingerprint density at radius 1 is 1.36 bits per heavy atom. The quantitative estimate of drug-likeness (QED) is 0.928. The van der Waals surface area contributed by atoms with Crippen molar-refractivity contribution in [2.24, 2.45) is 0 Å². The van der Waals surface area contributed by atoms with Gasteiger partial charge in [-0.1, -0.05) is 18.2 Å². The van der Waals surface area contributed by atoms with Crippen LogP contribution in [-0.4, -0.2) is 34.8 Å². The lowest BCUT2D eigenvalue weighted by Crippen LogP contribution is -2.44. The van der Waals surface area contributed by atoms with E-state index in [0.717, 1.165) is 0 Å². The summed E-state index contributed by atoms with van der Waals surface area (Å²) < 4.78 is 13.5. The topological polar surface area (TPSA) is 49.4 Å². The molecule has 1 aliphatic rings. The number of carbonyl (C=O) groups is 2. The molecule has 1 unspecified atom stereocenters. The van der Waals surface area contributed by atoms with Gasteiger partial charge >= 0.3 is 0 Å². The lowest BCUT2D eigenvalue weighted by Gasteiger charge is -2.32. The summed E-state index contributed by atoms with van der Waals surface area (Å²) in [5, 5.41) is 2.88. The number of rotatable bonds is 4. The van der Waals surface area contributed by atoms with Crippen molar-refractivity contribution in [2.75, 3.05) is 6.54 Å². The van der Waals surface area contributed by atoms with Gasteiger partial charge in [0.2, 0.25) is 11.8 Å². The third-order valence-corrected chi connectivity index (χ3v) is 3.88. The van der Waals surface area contributed by atoms with Crippen molar-refractivity contribution in [3.8, 4) is 0 Å². The Hall–Kier alpha value is -1.91. The van der Waals surface area contributed by atoms with Gasteiger partial charge in [0.25, 0.3) is 0 Å². The van der Waals surface area contributed by atoms with E-state index >= 15 is 0 Å². The molecule has 0 aromatic heterocycles. The van der Waals surface area contributed by atoms with Crippen LogP contribution in [0.3, 0.4) is 0 Å². The minimum Gasteiger partial charge on any atom is -0.351 e. The molecule has 22 heavy (non-hydrogen) atoms. The molecule has 4 nitrogen and oxygen atoms in total. The number of nitrogens with zero attached hydrogens (tertiary/aromatic N) is 1. The highest BCUT2D eigenvalue weighted by molar-refractivity contribution is 5.82. The lowest BCUT2D eigenvalue weighted by molar-refractivity contribution is -0.131. The minimum absolute atomic E-state index is 0.0619. The van der Waals surface area contributed by atoms with Crippen molar-refractivity contribution >= 4 is 11.8 Å². The molecule has 0 aliphatic carbocycles. The van der Waals surface area contributed by atoms with Gasteiger partial charge in [-0.25, -0.2) is 4.39 Å². The van der Waals surface area contributed by atoms with Gasteiger partial charge in [-0.3, -0.25) is 9.59 Å². The predicted molar refractivity (Wildman–Crippen MR) is 82.7 cm³/mol. The Bertz CT molecular complexity index is 566. The van der Waals surface area contributed by atoms with Crippen LogP contribution >= 0.6 is 0 Å². The Morgan fingerprint density at radius 3 is 2.64 bits per heavy atom. The molecule has 1 atom stereocenters. The molecular weight excluding hydrogens is 283 g/mol. The zero-order chi connectivity index (χ0) is 16.3. The molecule has 2 amide bonds. The fourth-order valence-electron chi connectivity index (χ4n) is 2.70. The second kappa shape index (κ2) is 6.46. The first kappa shape index (κ1) is 16.5. The van der Waals surface area contributed by atoms with Crippen LogP contribution in [0.25, 0.3) is 0 Å². The van der Waals surface area contributed by atoms with Gasteiger partial charge in [0.05, 0.1) is 6.04 Å². The van der Waals surface area contributed by atoms with Gasteiger partial charge in [-0.05, 0) is 38.8 Å². The van der Waals surface area contributed by atoms with E-state index in [1.165, 1.54) is 6.07 Å². The van der Waals surface area contributed by atoms with Gasteiger partial charge in [-0.15, -0.1) is 0 Å². The number of aryl methyl sites for hydroxylation is 1. The van der Waals surface area contributed by atoms with Crippen LogP contribution in [0.1, 0.15) is 39.2 Å². The number of halogens is 1. The zero-order valence-corrected chi connectivity index (χ0v) is 13.4. The number of likely N-dealkylation sites (tertiary alicyclic amines) is 1. The van der Waals surface area contributed by atoms with E-state index in [0.29, 0.717) is 24.9 Å². The first-order valence-electron chi connectivity index (χ1n) is 7.60. The second-order valence-corrected chi connectivity index (χ2v) is 6.74. The van der Waals surface area contributed by atoms with Gasteiger partial charge in [-0.2, -0.15) is 0 Å². The predicted octanol–water partition coefficient (Wildman–Crippen LogP) is 2.27. The summed E-state index contributed by atoms with van der Waals surface area (Å²) in [6.07, 6.45) is 0.923. The van der Waals surface area contributed by atoms with E-state index < -0.39 is 0 Å². The van der Waals surface area contributed by atoms with Gasteiger partial charge < -0.3 is 10.2 Å². The first-order chi connectivity index (χ1) is 10.3. The molecule has 2 rings (SSSR count). The maximum Gasteiger partial charge on any atom is 0.225 e. The van der Waals surface area contributed by atoms with Crippen LogP contribution in [0, 0.1) is 5.82 Å². The van der Waals surface area contributed by atoms with Crippen molar-refractivity contribution in [3.05, 3.63) is 35.6 Å². The van der Waals surface area contributed by atoms with Crippen molar-refractivity contribution in [1.82, 2.24) is 10.2 Å². The average molecular weight is 306 g/mol. The normalized spacial score (nSPS) is 18.6. The number of hydrogen-bond donors (Lipinski definition) is 1. The lowest BCUT2D eigenvalue weighted by atomic mass is 10.1. The summed E-state index contributed by atoms with van der Waals surface area (Å²) in [7, 11) is 0. The Balaban J connectivity index is 1.84. The van der Waals surface area contributed by atoms with E-state index in [1.807, 2.05) is 20.8 Å². The maximum absolute atomic E-state index is 13.5. The number of nitrogens with one attached hydrogen (secondary N) is 1. The number of amides is 2. The van der Waals surface area contributed by atoms with Crippen molar-refractivity contribution in [3.63, 3.8) is 0 Å². The summed E-state index contributed by atoms with van der Waals surface area (Å²) in [6, 6.07) is 6.31. The zero-order valence-electron chi connectivity index (χ0n) is 13.4. The van der Waals surface area contributed by atoms with Crippen LogP contribution in [0.4, 0.5) is 4.39 Å². The van der Waals surface area contributed by atoms with Gasteiger partial charge in [0.15, 0.2) is 0 Å². The van der Waals surface area contributed by atoms with Crippen LogP contribution in [0.15, 0.2) is 24.3 Å². The van der Waals surface area contributed by atoms with Gasteiger partial charge in [0, 0.05) is 24.9 Å². The SMILES string of the molecule is CC(C)(C)N1CC(NC(=O)CCc2ccccc2F)CC1=O. The van der Waals surface area contributed by atoms with E-state index in [2.05, 4.69) is 5.32 Å². The summed E-state index contributed by atoms with van der Waals surface area (Å²) >= 11 is 0. The van der Waals surface area contributed by atoms with Crippen LogP contribution < -0.4 is 5.32 Å². The number of hydrogen-bond acceptors (Lipinski definition) is 2. The Labute approximate surface area is 130 Å². The molecule has 120 valence electrons. The van der Waals surface area contributed by atoms with Crippen molar-refractivity contribution in [2.45, 2.75) is 51.6 Å². The highest BCUT2D eigenvalue weighted by Crippen LogP contribution is 2.22. The molecular formula is C17H23FN2O2. The molecule has 1 aliphatic heterocycles. The summed E-state index contributed by atoms with van der Waals surface area (Å²) in [5.41, 5.74) is 0.306. The molecule has 1 aromatic rings. The molecule has 0 spiro atoms. The standard InChI is InChI=1S/C17H23FN2O2/c1-17(2,3)20-11-13(10-16(20)22)19-15(21)9-8-12-6-4-5-7-14(12)18/h4-7,13H,8-11H2,1-3H3,(H,19,21). The molecule has 0 saturated carbocycles.